The largest absolute Gasteiger partial charge is 0.424 e. The van der Waals surface area contributed by atoms with Crippen molar-refractivity contribution in [2.75, 3.05) is 43.4 Å². The summed E-state index contributed by atoms with van der Waals surface area (Å²) in [6.45, 7) is 7.90. The van der Waals surface area contributed by atoms with E-state index in [4.69, 9.17) is 9.72 Å². The third-order valence-electron chi connectivity index (χ3n) is 5.59. The van der Waals surface area contributed by atoms with Crippen molar-refractivity contribution in [2.24, 2.45) is 0 Å². The number of aromatic amines is 1. The molecule has 0 saturated carbocycles. The Morgan fingerprint density at radius 2 is 1.94 bits per heavy atom. The minimum atomic E-state index is 0.314. The van der Waals surface area contributed by atoms with Crippen LogP contribution in [0.25, 0.3) is 10.9 Å². The molecule has 32 heavy (non-hydrogen) atoms. The zero-order valence-electron chi connectivity index (χ0n) is 18.1. The lowest BCUT2D eigenvalue weighted by Crippen LogP contribution is -2.44. The highest BCUT2D eigenvalue weighted by molar-refractivity contribution is 9.11. The second-order valence-electron chi connectivity index (χ2n) is 7.98. The van der Waals surface area contributed by atoms with Crippen LogP contribution in [-0.2, 0) is 0 Å². The first-order valence-corrected chi connectivity index (χ1v) is 12.0. The van der Waals surface area contributed by atoms with Crippen LogP contribution < -0.4 is 15.0 Å². The molecule has 1 aliphatic rings. The van der Waals surface area contributed by atoms with Gasteiger partial charge >= 0.3 is 6.01 Å². The van der Waals surface area contributed by atoms with Gasteiger partial charge in [0.25, 0.3) is 0 Å². The first kappa shape index (κ1) is 21.2. The van der Waals surface area contributed by atoms with Gasteiger partial charge in [0, 0.05) is 54.4 Å². The maximum atomic E-state index is 6.22. The fraction of sp³-hybridized carbons (Fsp3) is 0.318. The van der Waals surface area contributed by atoms with E-state index >= 15 is 0 Å². The fourth-order valence-electron chi connectivity index (χ4n) is 3.82. The number of benzene rings is 1. The predicted molar refractivity (Wildman–Crippen MR) is 133 cm³/mol. The van der Waals surface area contributed by atoms with Crippen LogP contribution in [0.2, 0.25) is 0 Å². The quantitative estimate of drug-likeness (QED) is 0.384. The zero-order valence-corrected chi connectivity index (χ0v) is 20.5. The molecule has 1 aliphatic heterocycles. The van der Waals surface area contributed by atoms with Gasteiger partial charge in [-0.15, -0.1) is 0 Å². The first-order chi connectivity index (χ1) is 15.4. The number of H-pyrrole nitrogens is 1. The summed E-state index contributed by atoms with van der Waals surface area (Å²) in [6.07, 6.45) is 1.77. The topological polar surface area (TPSA) is 82.2 Å². The Bertz CT molecular complexity index is 1260. The van der Waals surface area contributed by atoms with E-state index in [-0.39, 0.29) is 0 Å². The normalized spacial score (nSPS) is 14.8. The van der Waals surface area contributed by atoms with Crippen LogP contribution in [0.15, 0.2) is 34.2 Å². The molecule has 0 spiro atoms. The molecule has 5 rings (SSSR count). The van der Waals surface area contributed by atoms with Crippen LogP contribution in [-0.4, -0.2) is 58.1 Å². The van der Waals surface area contributed by atoms with Crippen molar-refractivity contribution in [3.05, 3.63) is 45.5 Å². The van der Waals surface area contributed by atoms with Gasteiger partial charge < -0.3 is 24.8 Å². The Balaban J connectivity index is 1.49. The summed E-state index contributed by atoms with van der Waals surface area (Å²) in [4.78, 5) is 21.7. The first-order valence-electron chi connectivity index (χ1n) is 10.4. The van der Waals surface area contributed by atoms with Crippen LogP contribution >= 0.6 is 27.3 Å². The van der Waals surface area contributed by atoms with Gasteiger partial charge in [-0.25, -0.2) is 4.98 Å². The molecule has 166 valence electrons. The molecule has 2 N–H and O–H groups in total. The van der Waals surface area contributed by atoms with Gasteiger partial charge in [-0.05, 0) is 55.0 Å². The number of halogens is 1. The lowest BCUT2D eigenvalue weighted by Gasteiger charge is -2.33. The molecule has 0 aliphatic carbocycles. The number of likely N-dealkylation sites (N-methyl/N-ethyl adjacent to an activating group) is 1. The molecule has 4 aromatic rings. The van der Waals surface area contributed by atoms with Gasteiger partial charge in [0.1, 0.15) is 17.4 Å². The summed E-state index contributed by atoms with van der Waals surface area (Å²) in [6, 6.07) is 8.39. The number of rotatable bonds is 5. The summed E-state index contributed by atoms with van der Waals surface area (Å²) in [5.74, 6) is 2.24. The molecule has 1 aromatic carbocycles. The van der Waals surface area contributed by atoms with E-state index in [0.29, 0.717) is 11.8 Å². The molecule has 0 bridgehead atoms. The Labute approximate surface area is 198 Å². The Hall–Kier alpha value is -2.69. The van der Waals surface area contributed by atoms with Crippen molar-refractivity contribution in [3.8, 4) is 11.8 Å². The third kappa shape index (κ3) is 4.43. The molecule has 1 fully saturated rings. The highest BCUT2D eigenvalue weighted by Gasteiger charge is 2.19. The number of aromatic nitrogens is 4. The summed E-state index contributed by atoms with van der Waals surface area (Å²) in [5, 5.41) is 5.19. The van der Waals surface area contributed by atoms with Crippen molar-refractivity contribution in [1.29, 1.82) is 0 Å². The number of hydrogen-bond acceptors (Lipinski definition) is 8. The van der Waals surface area contributed by atoms with E-state index in [1.54, 1.807) is 6.20 Å². The Kier molecular flexibility index (Phi) is 5.75. The molecule has 0 unspecified atom stereocenters. The number of piperazine rings is 1. The molecule has 3 aromatic heterocycles. The van der Waals surface area contributed by atoms with E-state index < -0.39 is 0 Å². The van der Waals surface area contributed by atoms with E-state index in [9.17, 15) is 0 Å². The number of thiazole rings is 1. The van der Waals surface area contributed by atoms with Crippen LogP contribution in [0.3, 0.4) is 0 Å². The average Bonchev–Trinajstić information content (AvgIpc) is 3.35. The summed E-state index contributed by atoms with van der Waals surface area (Å²) >= 11 is 4.97. The highest BCUT2D eigenvalue weighted by Crippen LogP contribution is 2.32. The van der Waals surface area contributed by atoms with Crippen molar-refractivity contribution in [1.82, 2.24) is 24.8 Å². The molecular weight excluding hydrogens is 490 g/mol. The Morgan fingerprint density at radius 1 is 1.12 bits per heavy atom. The van der Waals surface area contributed by atoms with E-state index in [1.807, 2.05) is 18.2 Å². The molecule has 10 heteroatoms. The third-order valence-corrected chi connectivity index (χ3v) is 6.98. The number of fused-ring (bicyclic) bond motifs is 1. The van der Waals surface area contributed by atoms with Gasteiger partial charge in [-0.2, -0.15) is 9.97 Å². The number of nitrogens with zero attached hydrogens (tertiary/aromatic N) is 5. The van der Waals surface area contributed by atoms with Crippen molar-refractivity contribution in [2.45, 2.75) is 13.8 Å². The van der Waals surface area contributed by atoms with Gasteiger partial charge in [-0.3, -0.25) is 0 Å². The molecule has 0 amide bonds. The SMILES string of the molecule is Cc1cc2c(C)c(Oc3nc(Nc4ncc(Br)s4)cc(N4CCN(C)CC4)n3)ccc2[nH]1. The van der Waals surface area contributed by atoms with Gasteiger partial charge in [0.2, 0.25) is 0 Å². The lowest BCUT2D eigenvalue weighted by molar-refractivity contribution is 0.311. The molecule has 8 nitrogen and oxygen atoms in total. The highest BCUT2D eigenvalue weighted by atomic mass is 79.9. The van der Waals surface area contributed by atoms with Gasteiger partial charge in [-0.1, -0.05) is 11.3 Å². The monoisotopic (exact) mass is 513 g/mol. The molecular formula is C22H24BrN7OS. The van der Waals surface area contributed by atoms with Crippen LogP contribution in [0.5, 0.6) is 11.8 Å². The standard InChI is InChI=1S/C22H24BrN7OS/c1-13-10-15-14(2)17(5-4-16(15)25-13)31-21-26-19(27-22-24-12-18(23)32-22)11-20(28-21)30-8-6-29(3)7-9-30/h4-5,10-12,25H,6-9H2,1-3H3,(H,24,26,27,28). The summed E-state index contributed by atoms with van der Waals surface area (Å²) < 4.78 is 7.18. The van der Waals surface area contributed by atoms with Gasteiger partial charge in [0.05, 0.1) is 9.98 Å². The van der Waals surface area contributed by atoms with Gasteiger partial charge in [0.15, 0.2) is 5.13 Å². The second kappa shape index (κ2) is 8.68. The summed E-state index contributed by atoms with van der Waals surface area (Å²) in [7, 11) is 2.14. The predicted octanol–water partition coefficient (Wildman–Crippen LogP) is 5.08. The van der Waals surface area contributed by atoms with Crippen LogP contribution in [0.1, 0.15) is 11.3 Å². The van der Waals surface area contributed by atoms with E-state index in [2.05, 4.69) is 73.0 Å². The molecule has 4 heterocycles. The second-order valence-corrected chi connectivity index (χ2v) is 10.4. The van der Waals surface area contributed by atoms with E-state index in [0.717, 1.165) is 68.8 Å². The average molecular weight is 514 g/mol. The van der Waals surface area contributed by atoms with Crippen LogP contribution in [0.4, 0.5) is 16.8 Å². The van der Waals surface area contributed by atoms with E-state index in [1.165, 1.54) is 11.3 Å². The summed E-state index contributed by atoms with van der Waals surface area (Å²) in [5.41, 5.74) is 3.27. The number of anilines is 3. The zero-order chi connectivity index (χ0) is 22.2. The smallest absolute Gasteiger partial charge is 0.325 e. The number of hydrogen-bond donors (Lipinski definition) is 2. The maximum absolute atomic E-state index is 6.22. The number of ether oxygens (including phenoxy) is 1. The van der Waals surface area contributed by atoms with Crippen LogP contribution in [0, 0.1) is 13.8 Å². The van der Waals surface area contributed by atoms with Crippen molar-refractivity contribution >= 4 is 54.9 Å². The molecule has 0 radical (unpaired) electrons. The lowest BCUT2D eigenvalue weighted by atomic mass is 10.1. The number of nitrogens with one attached hydrogen (secondary N) is 2. The number of aryl methyl sites for hydroxylation is 2. The fourth-order valence-corrected chi connectivity index (χ4v) is 4.93. The molecule has 0 atom stereocenters. The van der Waals surface area contributed by atoms with Crippen molar-refractivity contribution < 1.29 is 4.74 Å². The maximum Gasteiger partial charge on any atom is 0.325 e. The minimum absolute atomic E-state index is 0.314. The molecule has 1 saturated heterocycles. The Morgan fingerprint density at radius 3 is 2.69 bits per heavy atom. The van der Waals surface area contributed by atoms with Crippen molar-refractivity contribution in [3.63, 3.8) is 0 Å². The minimum Gasteiger partial charge on any atom is -0.424 e.